The smallest absolute Gasteiger partial charge is 0.242 e. The van der Waals surface area contributed by atoms with Crippen LogP contribution < -0.4 is 5.73 Å². The molecule has 0 amide bonds. The molecule has 1 aliphatic heterocycles. The predicted molar refractivity (Wildman–Crippen MR) is 44.2 cm³/mol. The molecule has 0 spiro atoms. The van der Waals surface area contributed by atoms with E-state index in [-0.39, 0.29) is 0 Å². The van der Waals surface area contributed by atoms with Gasteiger partial charge in [-0.2, -0.15) is 0 Å². The molecule has 4 heteroatoms. The van der Waals surface area contributed by atoms with Gasteiger partial charge in [-0.1, -0.05) is 0 Å². The molecule has 2 nitrogen and oxygen atoms in total. The lowest BCUT2D eigenvalue weighted by molar-refractivity contribution is 0.0807. The highest BCUT2D eigenvalue weighted by molar-refractivity contribution is 4.76. The number of alkyl halides is 2. The van der Waals surface area contributed by atoms with E-state index in [4.69, 9.17) is 5.73 Å². The van der Waals surface area contributed by atoms with Crippen LogP contribution in [-0.2, 0) is 0 Å². The summed E-state index contributed by atoms with van der Waals surface area (Å²) >= 11 is 0. The van der Waals surface area contributed by atoms with Crippen LogP contribution in [0.25, 0.3) is 0 Å². The van der Waals surface area contributed by atoms with E-state index in [1.54, 1.807) is 0 Å². The van der Waals surface area contributed by atoms with Crippen LogP contribution in [0.1, 0.15) is 12.8 Å². The Bertz CT molecular complexity index is 130. The highest BCUT2D eigenvalue weighted by Crippen LogP contribution is 2.22. The Labute approximate surface area is 71.7 Å². The first-order valence-electron chi connectivity index (χ1n) is 4.44. The zero-order valence-corrected chi connectivity index (χ0v) is 7.18. The topological polar surface area (TPSA) is 29.3 Å². The molecule has 1 fully saturated rings. The number of nitrogens with zero attached hydrogens (tertiary/aromatic N) is 1. The molecule has 72 valence electrons. The standard InChI is InChI=1S/C8H16F2N2/c9-8(10)7-2-5-12(6-7)4-1-3-11/h7-8H,1-6,11H2/t7-/m1/s1. The van der Waals surface area contributed by atoms with Gasteiger partial charge >= 0.3 is 0 Å². The molecule has 12 heavy (non-hydrogen) atoms. The first-order valence-corrected chi connectivity index (χ1v) is 4.44. The maximum Gasteiger partial charge on any atom is 0.242 e. The number of rotatable bonds is 4. The molecule has 1 rings (SSSR count). The molecule has 1 saturated heterocycles. The van der Waals surface area contributed by atoms with Crippen molar-refractivity contribution in [2.45, 2.75) is 19.3 Å². The lowest BCUT2D eigenvalue weighted by atomic mass is 10.1. The Morgan fingerprint density at radius 2 is 2.25 bits per heavy atom. The molecular formula is C8H16F2N2. The number of halogens is 2. The Hall–Kier alpha value is -0.220. The van der Waals surface area contributed by atoms with E-state index in [1.807, 2.05) is 0 Å². The van der Waals surface area contributed by atoms with Crippen LogP contribution in [0, 0.1) is 5.92 Å². The zero-order valence-electron chi connectivity index (χ0n) is 7.18. The maximum absolute atomic E-state index is 12.2. The maximum atomic E-state index is 12.2. The Kier molecular flexibility index (Phi) is 3.88. The number of likely N-dealkylation sites (tertiary alicyclic amines) is 1. The summed E-state index contributed by atoms with van der Waals surface area (Å²) in [4.78, 5) is 2.07. The second kappa shape index (κ2) is 4.72. The second-order valence-corrected chi connectivity index (χ2v) is 3.33. The van der Waals surface area contributed by atoms with Crippen LogP contribution in [0.4, 0.5) is 8.78 Å². The minimum Gasteiger partial charge on any atom is -0.330 e. The zero-order chi connectivity index (χ0) is 8.97. The summed E-state index contributed by atoms with van der Waals surface area (Å²) in [6.45, 7) is 2.89. The SMILES string of the molecule is NCCCN1CC[C@@H](C(F)F)C1. The van der Waals surface area contributed by atoms with E-state index in [1.165, 1.54) is 0 Å². The molecule has 0 unspecified atom stereocenters. The Morgan fingerprint density at radius 1 is 1.50 bits per heavy atom. The normalized spacial score (nSPS) is 25.5. The molecule has 1 aliphatic rings. The van der Waals surface area contributed by atoms with Gasteiger partial charge in [0.25, 0.3) is 0 Å². The van der Waals surface area contributed by atoms with Crippen LogP contribution in [-0.4, -0.2) is 37.5 Å². The summed E-state index contributed by atoms with van der Waals surface area (Å²) in [5, 5.41) is 0. The summed E-state index contributed by atoms with van der Waals surface area (Å²) in [6.07, 6.45) is -0.592. The highest BCUT2D eigenvalue weighted by Gasteiger charge is 2.28. The third-order valence-electron chi connectivity index (χ3n) is 2.34. The lowest BCUT2D eigenvalue weighted by Gasteiger charge is -2.14. The number of hydrogen-bond donors (Lipinski definition) is 1. The molecular weight excluding hydrogens is 162 g/mol. The molecule has 0 aromatic rings. The minimum atomic E-state index is -2.15. The molecule has 1 heterocycles. The van der Waals surface area contributed by atoms with Crippen LogP contribution in [0.15, 0.2) is 0 Å². The van der Waals surface area contributed by atoms with Crippen molar-refractivity contribution >= 4 is 0 Å². The van der Waals surface area contributed by atoms with Crippen molar-refractivity contribution in [1.29, 1.82) is 0 Å². The summed E-state index contributed by atoms with van der Waals surface area (Å²) in [5.74, 6) is -0.400. The summed E-state index contributed by atoms with van der Waals surface area (Å²) < 4.78 is 24.4. The molecule has 1 atom stereocenters. The van der Waals surface area contributed by atoms with Gasteiger partial charge in [0, 0.05) is 12.5 Å². The van der Waals surface area contributed by atoms with Gasteiger partial charge in [-0.05, 0) is 32.5 Å². The van der Waals surface area contributed by atoms with E-state index in [0.717, 1.165) is 19.5 Å². The number of nitrogens with two attached hydrogens (primary N) is 1. The molecule has 0 saturated carbocycles. The van der Waals surface area contributed by atoms with Gasteiger partial charge in [0.05, 0.1) is 0 Å². The first kappa shape index (κ1) is 9.86. The fraction of sp³-hybridized carbons (Fsp3) is 1.00. The quantitative estimate of drug-likeness (QED) is 0.693. The van der Waals surface area contributed by atoms with Crippen molar-refractivity contribution in [2.75, 3.05) is 26.2 Å². The third-order valence-corrected chi connectivity index (χ3v) is 2.34. The van der Waals surface area contributed by atoms with Crippen LogP contribution in [0.5, 0.6) is 0 Å². The van der Waals surface area contributed by atoms with Crippen LogP contribution >= 0.6 is 0 Å². The summed E-state index contributed by atoms with van der Waals surface area (Å²) in [6, 6.07) is 0. The average Bonchev–Trinajstić information content (AvgIpc) is 2.48. The Morgan fingerprint density at radius 3 is 2.75 bits per heavy atom. The van der Waals surface area contributed by atoms with E-state index < -0.39 is 12.3 Å². The predicted octanol–water partition coefficient (Wildman–Crippen LogP) is 0.922. The largest absolute Gasteiger partial charge is 0.330 e. The third kappa shape index (κ3) is 2.68. The van der Waals surface area contributed by atoms with Gasteiger partial charge in [0.15, 0.2) is 0 Å². The van der Waals surface area contributed by atoms with Crippen molar-refractivity contribution in [3.8, 4) is 0 Å². The van der Waals surface area contributed by atoms with Crippen molar-refractivity contribution in [1.82, 2.24) is 4.90 Å². The van der Waals surface area contributed by atoms with E-state index in [2.05, 4.69) is 4.90 Å². The van der Waals surface area contributed by atoms with Crippen molar-refractivity contribution in [3.05, 3.63) is 0 Å². The first-order chi connectivity index (χ1) is 5.74. The van der Waals surface area contributed by atoms with Gasteiger partial charge in [-0.15, -0.1) is 0 Å². The highest BCUT2D eigenvalue weighted by atomic mass is 19.3. The van der Waals surface area contributed by atoms with Gasteiger partial charge in [0.1, 0.15) is 0 Å². The summed E-state index contributed by atoms with van der Waals surface area (Å²) in [7, 11) is 0. The van der Waals surface area contributed by atoms with E-state index in [0.29, 0.717) is 19.5 Å². The van der Waals surface area contributed by atoms with Crippen molar-refractivity contribution < 1.29 is 8.78 Å². The van der Waals surface area contributed by atoms with Gasteiger partial charge in [-0.25, -0.2) is 8.78 Å². The van der Waals surface area contributed by atoms with Gasteiger partial charge in [-0.3, -0.25) is 0 Å². The molecule has 0 aromatic heterocycles. The molecule has 0 bridgehead atoms. The van der Waals surface area contributed by atoms with Crippen LogP contribution in [0.2, 0.25) is 0 Å². The van der Waals surface area contributed by atoms with Crippen molar-refractivity contribution in [2.24, 2.45) is 11.7 Å². The average molecular weight is 178 g/mol. The Balaban J connectivity index is 2.17. The van der Waals surface area contributed by atoms with Crippen LogP contribution in [0.3, 0.4) is 0 Å². The fourth-order valence-electron chi connectivity index (χ4n) is 1.59. The monoisotopic (exact) mass is 178 g/mol. The number of hydrogen-bond acceptors (Lipinski definition) is 2. The molecule has 2 N–H and O–H groups in total. The summed E-state index contributed by atoms with van der Waals surface area (Å²) in [5.41, 5.74) is 5.33. The minimum absolute atomic E-state index is 0.400. The van der Waals surface area contributed by atoms with Gasteiger partial charge < -0.3 is 10.6 Å². The fourth-order valence-corrected chi connectivity index (χ4v) is 1.59. The second-order valence-electron chi connectivity index (χ2n) is 3.33. The lowest BCUT2D eigenvalue weighted by Crippen LogP contribution is -2.25. The van der Waals surface area contributed by atoms with Gasteiger partial charge in [0.2, 0.25) is 6.43 Å². The molecule has 0 radical (unpaired) electrons. The van der Waals surface area contributed by atoms with E-state index >= 15 is 0 Å². The molecule has 0 aromatic carbocycles. The van der Waals surface area contributed by atoms with Crippen molar-refractivity contribution in [3.63, 3.8) is 0 Å². The molecule has 0 aliphatic carbocycles. The van der Waals surface area contributed by atoms with E-state index in [9.17, 15) is 8.78 Å².